The molecule has 3 amide bonds. The molecule has 13 nitrogen and oxygen atoms in total. The van der Waals surface area contributed by atoms with Gasteiger partial charge in [-0.25, -0.2) is 22.5 Å². The number of likely N-dealkylation sites (tertiary alicyclic amines) is 1. The molecule has 2 aliphatic rings. The Labute approximate surface area is 416 Å². The molecule has 5 atom stereocenters. The molecule has 2 aromatic heterocycles. The van der Waals surface area contributed by atoms with Gasteiger partial charge < -0.3 is 40.2 Å². The minimum Gasteiger partial charge on any atom is -0.493 e. The topological polar surface area (TPSA) is 169 Å². The maximum absolute atomic E-state index is 16.0. The molecule has 1 saturated heterocycles. The highest BCUT2D eigenvalue weighted by atomic mass is 32.1. The Morgan fingerprint density at radius 2 is 1.66 bits per heavy atom. The standard InChI is InChI=1S/C53H66F4N6O7S/c1-32-21-39-38-13-9-10-14-43(38)61-47(39)48(63(32)29-53(56,57)30-64)46-41(54)23-37(24-42(46)55)70-20-12-8-6-7-11-19-69-28-45(66)58-26-40(52(3,4)5)51(68)62-27-36(65)22-44(62)50(67)59-25-34-15-17-35(18-16-34)49-33(2)60-31-71-49/h9-10,13-18,23-24,31-32,36,40,44,48,61,64-65H,6-8,11-12,19-22,25-30H2,1-5H3,(H,58,66)(H,59,67)/t32-,36-,40?,44+,48-/m1/s1. The van der Waals surface area contributed by atoms with Crippen LogP contribution < -0.4 is 15.4 Å². The number of nitrogens with one attached hydrogen (secondary N) is 3. The molecule has 7 rings (SSSR count). The second kappa shape index (κ2) is 23.4. The lowest BCUT2D eigenvalue weighted by atomic mass is 9.79. The van der Waals surface area contributed by atoms with Gasteiger partial charge in [-0.1, -0.05) is 82.5 Å². The molecule has 0 bridgehead atoms. The van der Waals surface area contributed by atoms with Gasteiger partial charge in [-0.2, -0.15) is 0 Å². The molecular weight excluding hydrogens is 941 g/mol. The fourth-order valence-corrected chi connectivity index (χ4v) is 10.5. The fourth-order valence-electron chi connectivity index (χ4n) is 9.68. The third-order valence-electron chi connectivity index (χ3n) is 13.6. The van der Waals surface area contributed by atoms with Crippen LogP contribution in [0.15, 0.2) is 66.2 Å². The Hall–Kier alpha value is -5.40. The Morgan fingerprint density at radius 1 is 0.972 bits per heavy atom. The summed E-state index contributed by atoms with van der Waals surface area (Å²) in [4.78, 5) is 51.7. The quantitative estimate of drug-likeness (QED) is 0.0339. The minimum absolute atomic E-state index is 0.0138. The number of unbranched alkanes of at least 4 members (excludes halogenated alkanes) is 4. The molecule has 18 heteroatoms. The zero-order chi connectivity index (χ0) is 51.0. The highest BCUT2D eigenvalue weighted by Crippen LogP contribution is 2.44. The van der Waals surface area contributed by atoms with E-state index in [-0.39, 0.29) is 68.3 Å². The monoisotopic (exact) mass is 1010 g/mol. The third-order valence-corrected chi connectivity index (χ3v) is 14.5. The number of aliphatic hydroxyl groups is 2. The van der Waals surface area contributed by atoms with Crippen LogP contribution in [0.4, 0.5) is 17.6 Å². The molecule has 0 spiro atoms. The first-order valence-corrected chi connectivity index (χ1v) is 25.3. The van der Waals surface area contributed by atoms with Crippen molar-refractivity contribution in [2.24, 2.45) is 11.3 Å². The highest BCUT2D eigenvalue weighted by molar-refractivity contribution is 7.13. The van der Waals surface area contributed by atoms with E-state index in [9.17, 15) is 33.4 Å². The normalized spacial score (nSPS) is 18.9. The summed E-state index contributed by atoms with van der Waals surface area (Å²) in [6, 6.07) is 14.8. The molecule has 1 fully saturated rings. The van der Waals surface area contributed by atoms with E-state index in [2.05, 4.69) is 20.6 Å². The molecule has 71 heavy (non-hydrogen) atoms. The van der Waals surface area contributed by atoms with Crippen LogP contribution in [0.3, 0.4) is 0 Å². The van der Waals surface area contributed by atoms with Crippen molar-refractivity contribution in [2.45, 2.75) is 116 Å². The van der Waals surface area contributed by atoms with Crippen molar-refractivity contribution in [1.82, 2.24) is 30.4 Å². The first-order chi connectivity index (χ1) is 33.8. The van der Waals surface area contributed by atoms with Crippen LogP contribution in [0.1, 0.15) is 100 Å². The van der Waals surface area contributed by atoms with Gasteiger partial charge in [0.25, 0.3) is 5.92 Å². The van der Waals surface area contributed by atoms with Gasteiger partial charge >= 0.3 is 0 Å². The molecule has 0 aliphatic carbocycles. The summed E-state index contributed by atoms with van der Waals surface area (Å²) >= 11 is 1.56. The van der Waals surface area contributed by atoms with E-state index in [1.807, 2.05) is 76.2 Å². The number of nitrogens with zero attached hydrogens (tertiary/aromatic N) is 3. The fraction of sp³-hybridized carbons (Fsp3) is 0.509. The van der Waals surface area contributed by atoms with Crippen LogP contribution in [0.2, 0.25) is 0 Å². The largest absolute Gasteiger partial charge is 0.493 e. The number of ether oxygens (including phenoxy) is 2. The summed E-state index contributed by atoms with van der Waals surface area (Å²) in [6.45, 7) is 7.71. The van der Waals surface area contributed by atoms with Crippen LogP contribution in [0.5, 0.6) is 5.75 Å². The van der Waals surface area contributed by atoms with Crippen LogP contribution in [0.25, 0.3) is 21.3 Å². The van der Waals surface area contributed by atoms with E-state index < -0.39 is 66.3 Å². The molecule has 4 heterocycles. The van der Waals surface area contributed by atoms with Gasteiger partial charge in [0, 0.05) is 73.0 Å². The number of para-hydroxylation sites is 1. The number of halogens is 4. The molecule has 0 saturated carbocycles. The van der Waals surface area contributed by atoms with Gasteiger partial charge in [-0.05, 0) is 61.3 Å². The Balaban J connectivity index is 0.813. The number of aliphatic hydroxyl groups excluding tert-OH is 2. The molecule has 2 aliphatic heterocycles. The van der Waals surface area contributed by atoms with E-state index in [0.29, 0.717) is 31.6 Å². The third kappa shape index (κ3) is 13.2. The summed E-state index contributed by atoms with van der Waals surface area (Å²) < 4.78 is 72.7. The lowest BCUT2D eigenvalue weighted by Gasteiger charge is -2.42. The highest BCUT2D eigenvalue weighted by Gasteiger charge is 2.45. The van der Waals surface area contributed by atoms with Gasteiger partial charge in [0.15, 0.2) is 0 Å². The maximum atomic E-state index is 16.0. The number of thiazole rings is 1. The van der Waals surface area contributed by atoms with E-state index in [1.165, 1.54) is 9.80 Å². The van der Waals surface area contributed by atoms with Gasteiger partial charge in [-0.3, -0.25) is 19.3 Å². The zero-order valence-corrected chi connectivity index (χ0v) is 41.9. The van der Waals surface area contributed by atoms with Crippen molar-refractivity contribution in [1.29, 1.82) is 0 Å². The number of carbonyl (C=O) groups is 3. The number of aromatic nitrogens is 2. The van der Waals surface area contributed by atoms with E-state index in [1.54, 1.807) is 23.8 Å². The summed E-state index contributed by atoms with van der Waals surface area (Å²) in [6.07, 6.45) is 3.31. The number of hydrogen-bond donors (Lipinski definition) is 5. The number of carbonyl (C=O) groups excluding carboxylic acids is 3. The molecule has 1 unspecified atom stereocenters. The van der Waals surface area contributed by atoms with Crippen molar-refractivity contribution in [3.05, 3.63) is 106 Å². The second-order valence-corrected chi connectivity index (χ2v) is 20.8. The first-order valence-electron chi connectivity index (χ1n) is 24.4. The maximum Gasteiger partial charge on any atom is 0.283 e. The number of alkyl halides is 2. The smallest absolute Gasteiger partial charge is 0.283 e. The number of aryl methyl sites for hydroxylation is 1. The average molecular weight is 1010 g/mol. The van der Waals surface area contributed by atoms with Crippen LogP contribution in [-0.2, 0) is 32.1 Å². The van der Waals surface area contributed by atoms with Gasteiger partial charge in [-0.15, -0.1) is 11.3 Å². The minimum atomic E-state index is -3.49. The predicted octanol–water partition coefficient (Wildman–Crippen LogP) is 8.24. The number of aromatic amines is 1. The van der Waals surface area contributed by atoms with Gasteiger partial charge in [0.1, 0.15) is 36.6 Å². The second-order valence-electron chi connectivity index (χ2n) is 20.0. The number of fused-ring (bicyclic) bond motifs is 3. The Kier molecular flexibility index (Phi) is 17.6. The summed E-state index contributed by atoms with van der Waals surface area (Å²) in [5.41, 5.74) is 5.72. The molecule has 3 aromatic carbocycles. The van der Waals surface area contributed by atoms with E-state index in [4.69, 9.17) is 9.47 Å². The van der Waals surface area contributed by atoms with E-state index in [0.717, 1.165) is 69.6 Å². The SMILES string of the molecule is Cc1ncsc1-c1ccc(CNC(=O)[C@@H]2C[C@@H](O)CN2C(=O)C(CNC(=O)COCCCCCCCOc2cc(F)c([C@@H]3c4[nH]c5ccccc5c4C[C@@H](C)N3CC(F)(F)CO)c(F)c2)C(C)(C)C)cc1. The zero-order valence-electron chi connectivity index (χ0n) is 41.0. The van der Waals surface area contributed by atoms with E-state index >= 15 is 8.78 Å². The molecule has 0 radical (unpaired) electrons. The van der Waals surface area contributed by atoms with Crippen molar-refractivity contribution < 1.29 is 51.6 Å². The molecule has 5 aromatic rings. The Morgan fingerprint density at radius 3 is 2.34 bits per heavy atom. The first kappa shape index (κ1) is 53.4. The number of rotatable bonds is 22. The number of hydrogen-bond acceptors (Lipinski definition) is 10. The predicted molar refractivity (Wildman–Crippen MR) is 264 cm³/mol. The average Bonchev–Trinajstić information content (AvgIpc) is 4.05. The lowest BCUT2D eigenvalue weighted by molar-refractivity contribution is -0.144. The number of β-amino-alcohol motifs (C(OH)–C–C–N with tert-alkyl or cyclic N) is 1. The van der Waals surface area contributed by atoms with Crippen LogP contribution >= 0.6 is 11.3 Å². The van der Waals surface area contributed by atoms with Crippen molar-refractivity contribution in [3.63, 3.8) is 0 Å². The molecule has 5 N–H and O–H groups in total. The summed E-state index contributed by atoms with van der Waals surface area (Å²) in [5, 5.41) is 26.6. The Bertz CT molecular complexity index is 2600. The summed E-state index contributed by atoms with van der Waals surface area (Å²) in [5.74, 6) is -7.09. The number of benzene rings is 3. The lowest BCUT2D eigenvalue weighted by Crippen LogP contribution is -2.52. The summed E-state index contributed by atoms with van der Waals surface area (Å²) in [7, 11) is 0. The molecular formula is C53H66F4N6O7S. The van der Waals surface area contributed by atoms with Gasteiger partial charge in [0.05, 0.1) is 47.3 Å². The van der Waals surface area contributed by atoms with Crippen molar-refractivity contribution in [2.75, 3.05) is 46.1 Å². The number of H-pyrrole nitrogens is 1. The molecule has 384 valence electrons. The van der Waals surface area contributed by atoms with Crippen LogP contribution in [-0.4, -0.2) is 118 Å². The van der Waals surface area contributed by atoms with Crippen LogP contribution in [0, 0.1) is 29.9 Å². The van der Waals surface area contributed by atoms with Crippen molar-refractivity contribution in [3.8, 4) is 16.2 Å². The number of amides is 3. The van der Waals surface area contributed by atoms with Crippen molar-refractivity contribution >= 4 is 40.0 Å². The van der Waals surface area contributed by atoms with Gasteiger partial charge in [0.2, 0.25) is 17.7 Å².